The van der Waals surface area contributed by atoms with E-state index in [4.69, 9.17) is 0 Å². The van der Waals surface area contributed by atoms with E-state index in [0.29, 0.717) is 26.1 Å². The van der Waals surface area contributed by atoms with Gasteiger partial charge in [-0.05, 0) is 43.7 Å². The highest BCUT2D eigenvalue weighted by Gasteiger charge is 2.55. The van der Waals surface area contributed by atoms with Crippen molar-refractivity contribution < 1.29 is 14.7 Å². The molecule has 0 spiro atoms. The van der Waals surface area contributed by atoms with Crippen molar-refractivity contribution in [1.29, 1.82) is 0 Å². The number of anilines is 1. The first-order valence-corrected chi connectivity index (χ1v) is 9.55. The lowest BCUT2D eigenvalue weighted by Crippen LogP contribution is -2.42. The monoisotopic (exact) mass is 359 g/mol. The Morgan fingerprint density at radius 3 is 2.77 bits per heavy atom. The van der Waals surface area contributed by atoms with Gasteiger partial charge in [0.15, 0.2) is 0 Å². The third-order valence-corrected chi connectivity index (χ3v) is 5.98. The maximum atomic E-state index is 12.4. The normalized spacial score (nSPS) is 24.3. The van der Waals surface area contributed by atoms with Crippen molar-refractivity contribution in [2.75, 3.05) is 38.1 Å². The molecule has 1 heterocycles. The maximum absolute atomic E-state index is 12.4. The van der Waals surface area contributed by atoms with Crippen molar-refractivity contribution in [1.82, 2.24) is 10.2 Å². The minimum atomic E-state index is -0.737. The topological polar surface area (TPSA) is 72.9 Å². The van der Waals surface area contributed by atoms with Crippen LogP contribution in [0.5, 0.6) is 0 Å². The van der Waals surface area contributed by atoms with Crippen LogP contribution in [-0.4, -0.2) is 55.2 Å². The summed E-state index contributed by atoms with van der Waals surface area (Å²) in [5.74, 6) is -0.621. The molecule has 2 fully saturated rings. The zero-order valence-electron chi connectivity index (χ0n) is 15.5. The van der Waals surface area contributed by atoms with Gasteiger partial charge in [-0.1, -0.05) is 24.6 Å². The predicted molar refractivity (Wildman–Crippen MR) is 101 cm³/mol. The van der Waals surface area contributed by atoms with E-state index in [1.54, 1.807) is 4.90 Å². The van der Waals surface area contributed by atoms with E-state index in [9.17, 15) is 14.7 Å². The van der Waals surface area contributed by atoms with Crippen LogP contribution < -0.4 is 10.2 Å². The maximum Gasteiger partial charge on any atom is 0.317 e. The first-order chi connectivity index (χ1) is 12.5. The molecule has 0 bridgehead atoms. The largest absolute Gasteiger partial charge is 0.481 e. The first-order valence-electron chi connectivity index (χ1n) is 9.55. The summed E-state index contributed by atoms with van der Waals surface area (Å²) in [4.78, 5) is 28.0. The number of likely N-dealkylation sites (tertiary alicyclic amines) is 1. The minimum absolute atomic E-state index is 0.114. The number of para-hydroxylation sites is 1. The summed E-state index contributed by atoms with van der Waals surface area (Å²) in [7, 11) is 2.07. The summed E-state index contributed by atoms with van der Waals surface area (Å²) in [5, 5.41) is 12.6. The molecule has 0 radical (unpaired) electrons. The van der Waals surface area contributed by atoms with Gasteiger partial charge in [-0.25, -0.2) is 4.79 Å². The molecule has 1 aromatic carbocycles. The van der Waals surface area contributed by atoms with Crippen LogP contribution in [0.25, 0.3) is 0 Å². The number of aliphatic carboxylic acids is 1. The van der Waals surface area contributed by atoms with Gasteiger partial charge in [-0.2, -0.15) is 0 Å². The number of carbonyl (C=O) groups is 2. The van der Waals surface area contributed by atoms with Gasteiger partial charge >= 0.3 is 12.0 Å². The number of carbonyl (C=O) groups excluding carboxylic acids is 1. The fourth-order valence-corrected chi connectivity index (χ4v) is 4.39. The smallest absolute Gasteiger partial charge is 0.317 e. The number of hydrogen-bond donors (Lipinski definition) is 2. The van der Waals surface area contributed by atoms with Crippen molar-refractivity contribution in [2.45, 2.75) is 32.1 Å². The summed E-state index contributed by atoms with van der Waals surface area (Å²) >= 11 is 0. The molecule has 2 N–H and O–H groups in total. The number of benzene rings is 1. The van der Waals surface area contributed by atoms with Crippen LogP contribution >= 0.6 is 0 Å². The zero-order chi connectivity index (χ0) is 18.6. The molecule has 6 heteroatoms. The van der Waals surface area contributed by atoms with Gasteiger partial charge in [0.05, 0.1) is 5.41 Å². The van der Waals surface area contributed by atoms with Crippen LogP contribution in [0.1, 0.15) is 32.1 Å². The number of nitrogens with zero attached hydrogens (tertiary/aromatic N) is 2. The highest BCUT2D eigenvalue weighted by atomic mass is 16.4. The highest BCUT2D eigenvalue weighted by molar-refractivity contribution is 5.80. The fraction of sp³-hybridized carbons (Fsp3) is 0.600. The van der Waals surface area contributed by atoms with E-state index in [0.717, 1.165) is 32.2 Å². The molecular formula is C20H29N3O3. The third-order valence-electron chi connectivity index (χ3n) is 5.98. The number of urea groups is 1. The lowest BCUT2D eigenvalue weighted by Gasteiger charge is -2.23. The lowest BCUT2D eigenvalue weighted by molar-refractivity contribution is -0.149. The summed E-state index contributed by atoms with van der Waals surface area (Å²) in [5.41, 5.74) is 0.495. The standard InChI is InChI=1S/C20H29N3O3/c1-22(17-9-3-2-4-10-17)13-6-5-12-21-19(26)23-14-16-8-7-11-20(16,15-23)18(24)25/h2-4,9-10,16H,5-8,11-15H2,1H3,(H,21,26)(H,24,25)/t16-,20+/m0/s1. The van der Waals surface area contributed by atoms with Gasteiger partial charge in [0, 0.05) is 38.9 Å². The Kier molecular flexibility index (Phi) is 5.69. The van der Waals surface area contributed by atoms with Crippen molar-refractivity contribution >= 4 is 17.7 Å². The molecule has 1 saturated heterocycles. The molecule has 3 rings (SSSR count). The molecule has 2 atom stereocenters. The molecule has 1 saturated carbocycles. The van der Waals surface area contributed by atoms with Crippen molar-refractivity contribution in [3.63, 3.8) is 0 Å². The number of fused-ring (bicyclic) bond motifs is 1. The van der Waals surface area contributed by atoms with E-state index in [2.05, 4.69) is 29.4 Å². The summed E-state index contributed by atoms with van der Waals surface area (Å²) in [6.45, 7) is 2.50. The van der Waals surface area contributed by atoms with E-state index in [1.165, 1.54) is 5.69 Å². The van der Waals surface area contributed by atoms with Crippen LogP contribution in [-0.2, 0) is 4.79 Å². The Morgan fingerprint density at radius 2 is 2.08 bits per heavy atom. The lowest BCUT2D eigenvalue weighted by atomic mass is 9.81. The van der Waals surface area contributed by atoms with Crippen LogP contribution in [0.2, 0.25) is 0 Å². The number of nitrogens with one attached hydrogen (secondary N) is 1. The van der Waals surface area contributed by atoms with E-state index < -0.39 is 11.4 Å². The Balaban J connectivity index is 1.37. The first kappa shape index (κ1) is 18.5. The van der Waals surface area contributed by atoms with Crippen LogP contribution in [0.3, 0.4) is 0 Å². The Hall–Kier alpha value is -2.24. The van der Waals surface area contributed by atoms with Gasteiger partial charge in [-0.15, -0.1) is 0 Å². The average molecular weight is 359 g/mol. The highest BCUT2D eigenvalue weighted by Crippen LogP contribution is 2.48. The van der Waals surface area contributed by atoms with Gasteiger partial charge in [0.1, 0.15) is 0 Å². The second-order valence-corrected chi connectivity index (χ2v) is 7.63. The second kappa shape index (κ2) is 7.98. The average Bonchev–Trinajstić information content (AvgIpc) is 3.20. The molecule has 0 unspecified atom stereocenters. The van der Waals surface area contributed by atoms with Crippen LogP contribution in [0.4, 0.5) is 10.5 Å². The Bertz CT molecular complexity index is 636. The van der Waals surface area contributed by atoms with E-state index in [-0.39, 0.29) is 11.9 Å². The second-order valence-electron chi connectivity index (χ2n) is 7.63. The summed E-state index contributed by atoms with van der Waals surface area (Å²) in [6.07, 6.45) is 4.48. The predicted octanol–water partition coefficient (Wildman–Crippen LogP) is 2.80. The number of rotatable bonds is 7. The summed E-state index contributed by atoms with van der Waals surface area (Å²) in [6, 6.07) is 10.1. The third kappa shape index (κ3) is 3.79. The van der Waals surface area contributed by atoms with E-state index >= 15 is 0 Å². The van der Waals surface area contributed by atoms with Crippen molar-refractivity contribution in [3.8, 4) is 0 Å². The molecule has 26 heavy (non-hydrogen) atoms. The molecule has 0 aromatic heterocycles. The van der Waals surface area contributed by atoms with Crippen molar-refractivity contribution in [2.24, 2.45) is 11.3 Å². The van der Waals surface area contributed by atoms with Crippen LogP contribution in [0.15, 0.2) is 30.3 Å². The molecule has 2 aliphatic rings. The number of unbranched alkanes of at least 4 members (excludes halogenated alkanes) is 1. The number of carboxylic acid groups (broad SMARTS) is 1. The zero-order valence-corrected chi connectivity index (χ0v) is 15.5. The number of hydrogen-bond acceptors (Lipinski definition) is 3. The SMILES string of the molecule is CN(CCCCNC(=O)N1C[C@@H]2CCC[C@@]2(C(=O)O)C1)c1ccccc1. The number of amides is 2. The molecule has 1 aromatic rings. The van der Waals surface area contributed by atoms with Gasteiger partial charge in [0.25, 0.3) is 0 Å². The molecular weight excluding hydrogens is 330 g/mol. The molecule has 142 valence electrons. The Labute approximate surface area is 155 Å². The molecule has 1 aliphatic carbocycles. The minimum Gasteiger partial charge on any atom is -0.481 e. The molecule has 6 nitrogen and oxygen atoms in total. The quantitative estimate of drug-likeness (QED) is 0.734. The van der Waals surface area contributed by atoms with E-state index in [1.807, 2.05) is 18.2 Å². The van der Waals surface area contributed by atoms with Crippen molar-refractivity contribution in [3.05, 3.63) is 30.3 Å². The van der Waals surface area contributed by atoms with Gasteiger partial charge in [-0.3, -0.25) is 4.79 Å². The summed E-state index contributed by atoms with van der Waals surface area (Å²) < 4.78 is 0. The van der Waals surface area contributed by atoms with Gasteiger partial charge in [0.2, 0.25) is 0 Å². The molecule has 2 amide bonds. The Morgan fingerprint density at radius 1 is 1.31 bits per heavy atom. The molecule has 1 aliphatic heterocycles. The van der Waals surface area contributed by atoms with Crippen LogP contribution in [0, 0.1) is 11.3 Å². The fourth-order valence-electron chi connectivity index (χ4n) is 4.39. The number of carboxylic acids is 1. The van der Waals surface area contributed by atoms with Gasteiger partial charge < -0.3 is 20.2 Å².